The van der Waals surface area contributed by atoms with Gasteiger partial charge in [-0.25, -0.2) is 4.98 Å². The molecule has 1 N–H and O–H groups in total. The van der Waals surface area contributed by atoms with E-state index in [9.17, 15) is 0 Å². The van der Waals surface area contributed by atoms with Gasteiger partial charge in [0.15, 0.2) is 0 Å². The molecule has 0 amide bonds. The molecule has 108 valence electrons. The first-order chi connectivity index (χ1) is 9.29. The SMILES string of the molecule is CCc1cccc2cc(C)c(N3CCNCC3)nc12.Cl. The van der Waals surface area contributed by atoms with Crippen molar-refractivity contribution in [3.05, 3.63) is 35.4 Å². The molecular formula is C16H22ClN3. The van der Waals surface area contributed by atoms with E-state index in [0.717, 1.165) is 38.4 Å². The number of rotatable bonds is 2. The number of halogens is 1. The fraction of sp³-hybridized carbons (Fsp3) is 0.438. The first-order valence-electron chi connectivity index (χ1n) is 7.14. The number of para-hydroxylation sites is 1. The Hall–Kier alpha value is -1.32. The van der Waals surface area contributed by atoms with E-state index in [1.807, 2.05) is 0 Å². The molecule has 0 aliphatic carbocycles. The Balaban J connectivity index is 0.00000147. The van der Waals surface area contributed by atoms with E-state index >= 15 is 0 Å². The molecule has 2 aromatic rings. The number of piperazine rings is 1. The van der Waals surface area contributed by atoms with Crippen molar-refractivity contribution in [1.82, 2.24) is 10.3 Å². The molecule has 1 aromatic heterocycles. The third kappa shape index (κ3) is 2.74. The Kier molecular flexibility index (Phi) is 4.84. The quantitative estimate of drug-likeness (QED) is 0.922. The van der Waals surface area contributed by atoms with E-state index in [0.29, 0.717) is 0 Å². The highest BCUT2D eigenvalue weighted by Gasteiger charge is 2.15. The number of hydrogen-bond acceptors (Lipinski definition) is 3. The fourth-order valence-electron chi connectivity index (χ4n) is 2.84. The van der Waals surface area contributed by atoms with E-state index in [-0.39, 0.29) is 12.4 Å². The number of fused-ring (bicyclic) bond motifs is 1. The number of hydrogen-bond donors (Lipinski definition) is 1. The van der Waals surface area contributed by atoms with Crippen LogP contribution in [0.1, 0.15) is 18.1 Å². The van der Waals surface area contributed by atoms with E-state index in [1.54, 1.807) is 0 Å². The molecule has 0 radical (unpaired) electrons. The lowest BCUT2D eigenvalue weighted by molar-refractivity contribution is 0.584. The lowest BCUT2D eigenvalue weighted by atomic mass is 10.1. The molecule has 0 atom stereocenters. The summed E-state index contributed by atoms with van der Waals surface area (Å²) in [6, 6.07) is 8.76. The third-order valence-corrected chi connectivity index (χ3v) is 3.89. The lowest BCUT2D eigenvalue weighted by Gasteiger charge is -2.30. The van der Waals surface area contributed by atoms with E-state index in [2.05, 4.69) is 48.3 Å². The van der Waals surface area contributed by atoms with Crippen LogP contribution in [0.4, 0.5) is 5.82 Å². The summed E-state index contributed by atoms with van der Waals surface area (Å²) in [5.41, 5.74) is 3.79. The van der Waals surface area contributed by atoms with Crippen molar-refractivity contribution in [2.75, 3.05) is 31.1 Å². The van der Waals surface area contributed by atoms with Gasteiger partial charge in [-0.1, -0.05) is 25.1 Å². The number of aryl methyl sites for hydroxylation is 2. The van der Waals surface area contributed by atoms with Crippen LogP contribution >= 0.6 is 12.4 Å². The summed E-state index contributed by atoms with van der Waals surface area (Å²) in [5, 5.41) is 4.65. The molecule has 3 nitrogen and oxygen atoms in total. The highest BCUT2D eigenvalue weighted by atomic mass is 35.5. The van der Waals surface area contributed by atoms with E-state index < -0.39 is 0 Å². The second-order valence-electron chi connectivity index (χ2n) is 5.21. The number of nitrogens with zero attached hydrogens (tertiary/aromatic N) is 2. The zero-order chi connectivity index (χ0) is 13.2. The Labute approximate surface area is 126 Å². The van der Waals surface area contributed by atoms with Crippen LogP contribution in [0.3, 0.4) is 0 Å². The maximum atomic E-state index is 4.97. The highest BCUT2D eigenvalue weighted by molar-refractivity contribution is 5.85. The molecule has 0 unspecified atom stereocenters. The Bertz CT molecular complexity index is 592. The van der Waals surface area contributed by atoms with Crippen LogP contribution in [0.2, 0.25) is 0 Å². The van der Waals surface area contributed by atoms with Crippen LogP contribution < -0.4 is 10.2 Å². The second-order valence-corrected chi connectivity index (χ2v) is 5.21. The number of aromatic nitrogens is 1. The van der Waals surface area contributed by atoms with Crippen LogP contribution in [-0.2, 0) is 6.42 Å². The van der Waals surface area contributed by atoms with Crippen molar-refractivity contribution in [3.63, 3.8) is 0 Å². The molecule has 0 saturated carbocycles. The molecular weight excluding hydrogens is 270 g/mol. The summed E-state index contributed by atoms with van der Waals surface area (Å²) in [5.74, 6) is 1.16. The maximum Gasteiger partial charge on any atom is 0.132 e. The smallest absolute Gasteiger partial charge is 0.132 e. The van der Waals surface area contributed by atoms with Crippen LogP contribution in [0, 0.1) is 6.92 Å². The van der Waals surface area contributed by atoms with Gasteiger partial charge in [0.2, 0.25) is 0 Å². The minimum atomic E-state index is 0. The van der Waals surface area contributed by atoms with E-state index in [4.69, 9.17) is 4.98 Å². The van der Waals surface area contributed by atoms with Crippen molar-refractivity contribution < 1.29 is 0 Å². The van der Waals surface area contributed by atoms with Gasteiger partial charge in [0.05, 0.1) is 5.52 Å². The van der Waals surface area contributed by atoms with Crippen LogP contribution in [0.15, 0.2) is 24.3 Å². The Morgan fingerprint density at radius 1 is 1.25 bits per heavy atom. The van der Waals surface area contributed by atoms with Crippen molar-refractivity contribution in [1.29, 1.82) is 0 Å². The maximum absolute atomic E-state index is 4.97. The summed E-state index contributed by atoms with van der Waals surface area (Å²) in [7, 11) is 0. The van der Waals surface area contributed by atoms with Crippen molar-refractivity contribution >= 4 is 29.1 Å². The van der Waals surface area contributed by atoms with Crippen molar-refractivity contribution in [3.8, 4) is 0 Å². The molecule has 0 spiro atoms. The third-order valence-electron chi connectivity index (χ3n) is 3.89. The van der Waals surface area contributed by atoms with Gasteiger partial charge < -0.3 is 10.2 Å². The number of pyridine rings is 1. The standard InChI is InChI=1S/C16H21N3.ClH/c1-3-13-5-4-6-14-11-12(2)16(18-15(13)14)19-9-7-17-8-10-19;/h4-6,11,17H,3,7-10H2,1-2H3;1H. The summed E-state index contributed by atoms with van der Waals surface area (Å²) in [6.45, 7) is 8.56. The van der Waals surface area contributed by atoms with Crippen molar-refractivity contribution in [2.24, 2.45) is 0 Å². The minimum absolute atomic E-state index is 0. The fourth-order valence-corrected chi connectivity index (χ4v) is 2.84. The predicted molar refractivity (Wildman–Crippen MR) is 88.2 cm³/mol. The molecule has 3 rings (SSSR count). The van der Waals surface area contributed by atoms with Gasteiger partial charge in [-0.15, -0.1) is 12.4 Å². The average Bonchev–Trinajstić information content (AvgIpc) is 2.46. The normalized spacial score (nSPS) is 15.2. The molecule has 1 fully saturated rings. The lowest BCUT2D eigenvalue weighted by Crippen LogP contribution is -2.44. The first kappa shape index (κ1) is 15.1. The number of anilines is 1. The minimum Gasteiger partial charge on any atom is -0.354 e. The zero-order valence-corrected chi connectivity index (χ0v) is 13.0. The highest BCUT2D eigenvalue weighted by Crippen LogP contribution is 2.25. The number of nitrogens with one attached hydrogen (secondary N) is 1. The second kappa shape index (κ2) is 6.42. The van der Waals surface area contributed by atoms with Gasteiger partial charge >= 0.3 is 0 Å². The van der Waals surface area contributed by atoms with Crippen LogP contribution in [0.25, 0.3) is 10.9 Å². The topological polar surface area (TPSA) is 28.2 Å². The summed E-state index contributed by atoms with van der Waals surface area (Å²) in [4.78, 5) is 7.37. The monoisotopic (exact) mass is 291 g/mol. The van der Waals surface area contributed by atoms with Gasteiger partial charge in [-0.2, -0.15) is 0 Å². The molecule has 20 heavy (non-hydrogen) atoms. The van der Waals surface area contributed by atoms with Gasteiger partial charge in [-0.3, -0.25) is 0 Å². The van der Waals surface area contributed by atoms with Crippen LogP contribution in [0.5, 0.6) is 0 Å². The van der Waals surface area contributed by atoms with Crippen molar-refractivity contribution in [2.45, 2.75) is 20.3 Å². The first-order valence-corrected chi connectivity index (χ1v) is 7.14. The van der Waals surface area contributed by atoms with Gasteiger partial charge in [0.1, 0.15) is 5.82 Å². The summed E-state index contributed by atoms with van der Waals surface area (Å²) >= 11 is 0. The Morgan fingerprint density at radius 2 is 2.00 bits per heavy atom. The Morgan fingerprint density at radius 3 is 2.70 bits per heavy atom. The molecule has 0 bridgehead atoms. The summed E-state index contributed by atoms with van der Waals surface area (Å²) < 4.78 is 0. The van der Waals surface area contributed by atoms with E-state index in [1.165, 1.54) is 22.0 Å². The molecule has 1 aromatic carbocycles. The number of benzene rings is 1. The van der Waals surface area contributed by atoms with Gasteiger partial charge in [-0.05, 0) is 30.5 Å². The largest absolute Gasteiger partial charge is 0.354 e. The molecule has 2 heterocycles. The van der Waals surface area contributed by atoms with Gasteiger partial charge in [0, 0.05) is 31.6 Å². The average molecular weight is 292 g/mol. The summed E-state index contributed by atoms with van der Waals surface area (Å²) in [6.07, 6.45) is 1.04. The molecule has 1 aliphatic rings. The predicted octanol–water partition coefficient (Wildman–Crippen LogP) is 2.94. The zero-order valence-electron chi connectivity index (χ0n) is 12.1. The molecule has 1 aliphatic heterocycles. The van der Waals surface area contributed by atoms with Crippen LogP contribution in [-0.4, -0.2) is 31.2 Å². The van der Waals surface area contributed by atoms with Gasteiger partial charge in [0.25, 0.3) is 0 Å². The molecule has 4 heteroatoms. The molecule has 1 saturated heterocycles.